The molecule has 0 radical (unpaired) electrons. The molecule has 5 aliphatic carbocycles. The summed E-state index contributed by atoms with van der Waals surface area (Å²) in [6.45, 7) is 10.5. The van der Waals surface area contributed by atoms with Crippen molar-refractivity contribution in [2.45, 2.75) is 229 Å². The fraction of sp³-hybridized carbons (Fsp3) is 0.926. The van der Waals surface area contributed by atoms with Crippen LogP contribution in [0.3, 0.4) is 0 Å². The Kier molecular flexibility index (Phi) is 17.2. The highest BCUT2D eigenvalue weighted by Crippen LogP contribution is 2.76. The van der Waals surface area contributed by atoms with Crippen LogP contribution in [0.2, 0.25) is 0 Å². The van der Waals surface area contributed by atoms with E-state index in [-0.39, 0.29) is 41.7 Å². The number of methoxy groups -OCH3 is 1. The summed E-state index contributed by atoms with van der Waals surface area (Å²) in [6, 6.07) is 0. The van der Waals surface area contributed by atoms with Crippen molar-refractivity contribution in [1.29, 1.82) is 0 Å². The van der Waals surface area contributed by atoms with Crippen molar-refractivity contribution >= 4 is 11.9 Å². The molecule has 0 spiro atoms. The van der Waals surface area contributed by atoms with Gasteiger partial charge in [0.25, 0.3) is 0 Å². The fourth-order valence-electron chi connectivity index (χ4n) is 16.5. The van der Waals surface area contributed by atoms with E-state index in [0.29, 0.717) is 38.5 Å². The molecule has 0 bridgehead atoms. The molecule has 0 unspecified atom stereocenters. The summed E-state index contributed by atoms with van der Waals surface area (Å²) in [5.74, 6) is -1.25. The SMILES string of the molecule is COC(=O)[C@@]1(C)CC[C@]2(C(=O)O[C@@H]3O[C@@H](CO)[C@H](O)[C@@H](O)[C@@H]3O)CC[C@]3(C)C(=CC[C@@H]4[C@@]5(C)CC[C@H](O[C@@H]6OC[C@H](O)[C@H](O[C@@H]7O[C@H](CO)[C@@H](O)[C@H](O)[C@H]7O[C@@H]7O[C@H](CO)[C@@H](O)[C@H](O)[C@H]7O)[C@H]6O)C(C)(C)[C@@H]5CC[C@]43C)[C@@H]2C1. The van der Waals surface area contributed by atoms with Crippen molar-refractivity contribution in [3.63, 3.8) is 0 Å². The Bertz CT molecular complexity index is 2180. The zero-order chi connectivity index (χ0) is 57.0. The number of ether oxygens (including phenoxy) is 9. The maximum atomic E-state index is 14.9. The predicted molar refractivity (Wildman–Crippen MR) is 263 cm³/mol. The maximum absolute atomic E-state index is 14.9. The molecule has 446 valence electrons. The molecule has 0 amide bonds. The van der Waals surface area contributed by atoms with Crippen LogP contribution in [0.1, 0.15) is 106 Å². The molecule has 4 aliphatic heterocycles. The van der Waals surface area contributed by atoms with Crippen LogP contribution in [0.4, 0.5) is 0 Å². The highest BCUT2D eigenvalue weighted by atomic mass is 16.8. The number of carbonyl (C=O) groups excluding carboxylic acids is 2. The minimum atomic E-state index is -1.92. The van der Waals surface area contributed by atoms with Crippen LogP contribution in [0.25, 0.3) is 0 Å². The van der Waals surface area contributed by atoms with Gasteiger partial charge in [-0.3, -0.25) is 9.59 Å². The monoisotopic (exact) mass is 1120 g/mol. The first-order valence-corrected chi connectivity index (χ1v) is 27.8. The topological polar surface area (TPSA) is 380 Å². The lowest BCUT2D eigenvalue weighted by atomic mass is 9.33. The summed E-state index contributed by atoms with van der Waals surface area (Å²) in [7, 11) is 1.35. The Morgan fingerprint density at radius 1 is 0.577 bits per heavy atom. The van der Waals surface area contributed by atoms with Crippen LogP contribution in [-0.4, -0.2) is 235 Å². The Labute approximate surface area is 453 Å². The molecule has 24 nitrogen and oxygen atoms in total. The minimum Gasteiger partial charge on any atom is -0.469 e. The number of esters is 2. The largest absolute Gasteiger partial charge is 0.469 e. The first-order chi connectivity index (χ1) is 36.6. The van der Waals surface area contributed by atoms with E-state index in [9.17, 15) is 76.0 Å². The standard InChI is InChI=1S/C54H86O24/c1-49(2)29-10-13-53(6)30(9-8-23-24-18-50(3,47(68)70-7)14-16-54(24,17-15-52(23,53)5)48(69)78-45-39(66)36(63)33(60)27(20-56)73-45)51(29,4)12-11-31(49)75-43-40(67)41(25(58)22-71-43)76-46-42(37(64)34(61)28(21-57)74-46)77-44-38(65)35(62)32(59)26(19-55)72-44/h8,24-46,55-67H,9-22H2,1-7H3/t24-,25-,26+,27-,28+,29-,30+,31-,32+,33-,34+,35-,36+,37-,38+,39-,40+,41-,42+,43-,44-,45-,46-,50-,51-,52+,53+,54-/m0/s1. The Morgan fingerprint density at radius 2 is 1.14 bits per heavy atom. The molecule has 0 aromatic rings. The number of rotatable bonds is 12. The average molecular weight is 1120 g/mol. The van der Waals surface area contributed by atoms with Gasteiger partial charge in [0.05, 0.1) is 50.5 Å². The normalized spacial score (nSPS) is 53.1. The second-order valence-electron chi connectivity index (χ2n) is 25.7. The van der Waals surface area contributed by atoms with Gasteiger partial charge in [0.15, 0.2) is 18.9 Å². The Balaban J connectivity index is 0.933. The van der Waals surface area contributed by atoms with E-state index in [1.54, 1.807) is 0 Å². The van der Waals surface area contributed by atoms with Crippen molar-refractivity contribution in [3.05, 3.63) is 11.6 Å². The molecule has 0 aromatic heterocycles. The molecule has 78 heavy (non-hydrogen) atoms. The van der Waals surface area contributed by atoms with Gasteiger partial charge in [0.2, 0.25) is 6.29 Å². The Morgan fingerprint density at radius 3 is 1.76 bits per heavy atom. The van der Waals surface area contributed by atoms with Gasteiger partial charge >= 0.3 is 11.9 Å². The van der Waals surface area contributed by atoms with E-state index in [4.69, 9.17) is 42.6 Å². The van der Waals surface area contributed by atoms with Crippen LogP contribution in [0.5, 0.6) is 0 Å². The fourth-order valence-corrected chi connectivity index (χ4v) is 16.5. The van der Waals surface area contributed by atoms with Gasteiger partial charge < -0.3 is 109 Å². The van der Waals surface area contributed by atoms with E-state index < -0.39 is 176 Å². The predicted octanol–water partition coefficient (Wildman–Crippen LogP) is -2.24. The Hall–Kier alpha value is -2.12. The van der Waals surface area contributed by atoms with E-state index in [1.165, 1.54) is 7.11 Å². The molecular weight excluding hydrogens is 1030 g/mol. The van der Waals surface area contributed by atoms with E-state index in [2.05, 4.69) is 40.7 Å². The zero-order valence-electron chi connectivity index (χ0n) is 45.6. The molecule has 9 aliphatic rings. The van der Waals surface area contributed by atoms with Gasteiger partial charge in [0.1, 0.15) is 91.6 Å². The molecule has 24 heteroatoms. The first kappa shape index (κ1) is 60.5. The quantitative estimate of drug-likeness (QED) is 0.0558. The van der Waals surface area contributed by atoms with Gasteiger partial charge in [-0.25, -0.2) is 0 Å². The number of carbonyl (C=O) groups is 2. The van der Waals surface area contributed by atoms with E-state index >= 15 is 0 Å². The molecule has 4 saturated heterocycles. The van der Waals surface area contributed by atoms with Crippen molar-refractivity contribution in [1.82, 2.24) is 0 Å². The number of hydrogen-bond donors (Lipinski definition) is 13. The number of fused-ring (bicyclic) bond motifs is 7. The van der Waals surface area contributed by atoms with Crippen LogP contribution in [-0.2, 0) is 52.2 Å². The number of hydrogen-bond acceptors (Lipinski definition) is 24. The highest BCUT2D eigenvalue weighted by molar-refractivity contribution is 5.81. The third-order valence-corrected chi connectivity index (χ3v) is 21.5. The van der Waals surface area contributed by atoms with Gasteiger partial charge in [-0.05, 0) is 111 Å². The highest BCUT2D eigenvalue weighted by Gasteiger charge is 2.71. The second-order valence-corrected chi connectivity index (χ2v) is 25.7. The molecule has 4 saturated carbocycles. The summed E-state index contributed by atoms with van der Waals surface area (Å²) in [4.78, 5) is 28.4. The van der Waals surface area contributed by atoms with Crippen molar-refractivity contribution in [2.24, 2.45) is 50.2 Å². The summed E-state index contributed by atoms with van der Waals surface area (Å²) >= 11 is 0. The summed E-state index contributed by atoms with van der Waals surface area (Å²) in [5, 5.41) is 138. The zero-order valence-corrected chi connectivity index (χ0v) is 45.6. The van der Waals surface area contributed by atoms with Crippen LogP contribution in [0.15, 0.2) is 11.6 Å². The third kappa shape index (κ3) is 9.63. The van der Waals surface area contributed by atoms with E-state index in [1.807, 2.05) is 6.92 Å². The number of allylic oxidation sites excluding steroid dienone is 2. The van der Waals surface area contributed by atoms with Crippen LogP contribution < -0.4 is 0 Å². The van der Waals surface area contributed by atoms with Crippen molar-refractivity contribution in [3.8, 4) is 0 Å². The summed E-state index contributed by atoms with van der Waals surface area (Å²) in [5.41, 5.74) is -2.51. The van der Waals surface area contributed by atoms with Crippen LogP contribution in [0, 0.1) is 50.2 Å². The maximum Gasteiger partial charge on any atom is 0.315 e. The molecule has 8 fully saturated rings. The second kappa shape index (κ2) is 22.1. The lowest BCUT2D eigenvalue weighted by Crippen LogP contribution is -2.67. The molecule has 28 atom stereocenters. The molecule has 13 N–H and O–H groups in total. The van der Waals surface area contributed by atoms with Gasteiger partial charge in [-0.1, -0.05) is 46.3 Å². The molecule has 4 heterocycles. The van der Waals surface area contributed by atoms with Gasteiger partial charge in [-0.2, -0.15) is 0 Å². The molecular formula is C54H86O24. The van der Waals surface area contributed by atoms with Crippen molar-refractivity contribution in [2.75, 3.05) is 33.5 Å². The first-order valence-electron chi connectivity index (χ1n) is 27.8. The van der Waals surface area contributed by atoms with Gasteiger partial charge in [-0.15, -0.1) is 0 Å². The minimum absolute atomic E-state index is 0.0894. The average Bonchev–Trinajstić information content (AvgIpc) is 2.21. The summed E-state index contributed by atoms with van der Waals surface area (Å²) < 4.78 is 53.0. The summed E-state index contributed by atoms with van der Waals surface area (Å²) in [6.07, 6.45) is -24.2. The third-order valence-electron chi connectivity index (χ3n) is 21.5. The van der Waals surface area contributed by atoms with Crippen LogP contribution >= 0.6 is 0 Å². The van der Waals surface area contributed by atoms with Gasteiger partial charge in [0, 0.05) is 0 Å². The molecule has 9 rings (SSSR count). The lowest BCUT2D eigenvalue weighted by molar-refractivity contribution is -0.387. The lowest BCUT2D eigenvalue weighted by Gasteiger charge is -2.71. The van der Waals surface area contributed by atoms with E-state index in [0.717, 1.165) is 24.8 Å². The van der Waals surface area contributed by atoms with Crippen molar-refractivity contribution < 1.29 is 119 Å². The smallest absolute Gasteiger partial charge is 0.315 e. The number of aliphatic hydroxyl groups excluding tert-OH is 13. The molecule has 0 aromatic carbocycles. The number of aliphatic hydroxyl groups is 13.